The summed E-state index contributed by atoms with van der Waals surface area (Å²) < 4.78 is 6.67. The number of esters is 1. The van der Waals surface area contributed by atoms with Crippen LogP contribution in [0, 0.1) is 0 Å². The van der Waals surface area contributed by atoms with Crippen LogP contribution in [0.1, 0.15) is 22.8 Å². The summed E-state index contributed by atoms with van der Waals surface area (Å²) in [5, 5.41) is 9.93. The fourth-order valence-corrected chi connectivity index (χ4v) is 2.13. The molecular formula is C14H17NO3. The standard InChI is InChI=1S/C14H17NO3/c1-3-10-4-5-13-11(8-10)12(14(17)18-2)9-15(13)6-7-16/h4-5,8-9,16H,3,6-7H2,1-2H3. The van der Waals surface area contributed by atoms with E-state index >= 15 is 0 Å². The fraction of sp³-hybridized carbons (Fsp3) is 0.357. The van der Waals surface area contributed by atoms with Gasteiger partial charge >= 0.3 is 5.97 Å². The highest BCUT2D eigenvalue weighted by molar-refractivity contribution is 6.04. The number of nitrogens with zero attached hydrogens (tertiary/aromatic N) is 1. The zero-order valence-electron chi connectivity index (χ0n) is 10.6. The number of hydrogen-bond acceptors (Lipinski definition) is 3. The average molecular weight is 247 g/mol. The van der Waals surface area contributed by atoms with Gasteiger partial charge in [-0.15, -0.1) is 0 Å². The van der Waals surface area contributed by atoms with E-state index in [0.717, 1.165) is 17.3 Å². The third kappa shape index (κ3) is 2.11. The molecule has 1 N–H and O–H groups in total. The van der Waals surface area contributed by atoms with E-state index in [1.807, 2.05) is 22.8 Å². The first-order valence-electron chi connectivity index (χ1n) is 6.02. The van der Waals surface area contributed by atoms with E-state index in [1.165, 1.54) is 12.7 Å². The molecule has 2 aromatic rings. The number of carbonyl (C=O) groups is 1. The molecule has 0 aliphatic carbocycles. The average Bonchev–Trinajstić information content (AvgIpc) is 2.76. The molecule has 0 radical (unpaired) electrons. The maximum absolute atomic E-state index is 11.7. The van der Waals surface area contributed by atoms with Crippen molar-refractivity contribution in [3.63, 3.8) is 0 Å². The topological polar surface area (TPSA) is 51.5 Å². The number of aryl methyl sites for hydroxylation is 1. The molecule has 0 aliphatic rings. The fourth-order valence-electron chi connectivity index (χ4n) is 2.13. The first-order chi connectivity index (χ1) is 8.71. The van der Waals surface area contributed by atoms with Crippen LogP contribution in [-0.2, 0) is 17.7 Å². The number of ether oxygens (including phenoxy) is 1. The first-order valence-corrected chi connectivity index (χ1v) is 6.02. The van der Waals surface area contributed by atoms with E-state index in [-0.39, 0.29) is 12.6 Å². The summed E-state index contributed by atoms with van der Waals surface area (Å²) >= 11 is 0. The summed E-state index contributed by atoms with van der Waals surface area (Å²) in [4.78, 5) is 11.7. The molecule has 1 aromatic heterocycles. The normalized spacial score (nSPS) is 10.8. The van der Waals surface area contributed by atoms with E-state index in [1.54, 1.807) is 6.20 Å². The molecule has 0 aliphatic heterocycles. The van der Waals surface area contributed by atoms with E-state index < -0.39 is 0 Å². The number of aliphatic hydroxyl groups excluding tert-OH is 1. The SMILES string of the molecule is CCc1ccc2c(c1)c(C(=O)OC)cn2CCO. The molecule has 96 valence electrons. The van der Waals surface area contributed by atoms with Gasteiger partial charge in [0.25, 0.3) is 0 Å². The van der Waals surface area contributed by atoms with Crippen LogP contribution < -0.4 is 0 Å². The largest absolute Gasteiger partial charge is 0.465 e. The number of methoxy groups -OCH3 is 1. The van der Waals surface area contributed by atoms with Crippen molar-refractivity contribution in [2.45, 2.75) is 19.9 Å². The van der Waals surface area contributed by atoms with E-state index in [0.29, 0.717) is 12.1 Å². The van der Waals surface area contributed by atoms with E-state index in [9.17, 15) is 4.79 Å². The minimum Gasteiger partial charge on any atom is -0.465 e. The Morgan fingerprint density at radius 2 is 2.22 bits per heavy atom. The molecule has 0 bridgehead atoms. The molecule has 18 heavy (non-hydrogen) atoms. The Labute approximate surface area is 106 Å². The van der Waals surface area contributed by atoms with Crippen LogP contribution in [0.2, 0.25) is 0 Å². The summed E-state index contributed by atoms with van der Waals surface area (Å²) in [6.45, 7) is 2.59. The van der Waals surface area contributed by atoms with Crippen LogP contribution in [0.5, 0.6) is 0 Å². The zero-order chi connectivity index (χ0) is 13.1. The quantitative estimate of drug-likeness (QED) is 0.840. The second kappa shape index (κ2) is 5.23. The maximum Gasteiger partial charge on any atom is 0.340 e. The number of aliphatic hydroxyl groups is 1. The molecule has 1 heterocycles. The van der Waals surface area contributed by atoms with Gasteiger partial charge in [0.1, 0.15) is 0 Å². The Kier molecular flexibility index (Phi) is 3.67. The van der Waals surface area contributed by atoms with Crippen molar-refractivity contribution in [2.24, 2.45) is 0 Å². The summed E-state index contributed by atoms with van der Waals surface area (Å²) in [7, 11) is 1.38. The van der Waals surface area contributed by atoms with Gasteiger partial charge in [0, 0.05) is 23.6 Å². The number of fused-ring (bicyclic) bond motifs is 1. The van der Waals surface area contributed by atoms with Crippen LogP contribution in [0.4, 0.5) is 0 Å². The lowest BCUT2D eigenvalue weighted by atomic mass is 10.1. The molecule has 0 saturated carbocycles. The smallest absolute Gasteiger partial charge is 0.340 e. The van der Waals surface area contributed by atoms with Gasteiger partial charge in [0.05, 0.1) is 19.3 Å². The van der Waals surface area contributed by atoms with Crippen LogP contribution in [0.25, 0.3) is 10.9 Å². The molecule has 4 heteroatoms. The van der Waals surface area contributed by atoms with Crippen LogP contribution in [0.3, 0.4) is 0 Å². The zero-order valence-corrected chi connectivity index (χ0v) is 10.6. The van der Waals surface area contributed by atoms with Gasteiger partial charge in [-0.1, -0.05) is 13.0 Å². The molecule has 0 fully saturated rings. The molecule has 4 nitrogen and oxygen atoms in total. The highest BCUT2D eigenvalue weighted by Gasteiger charge is 2.15. The van der Waals surface area contributed by atoms with Gasteiger partial charge < -0.3 is 14.4 Å². The van der Waals surface area contributed by atoms with Gasteiger partial charge in [-0.3, -0.25) is 0 Å². The van der Waals surface area contributed by atoms with Gasteiger partial charge in [-0.05, 0) is 24.1 Å². The highest BCUT2D eigenvalue weighted by atomic mass is 16.5. The van der Waals surface area contributed by atoms with Gasteiger partial charge in [0.2, 0.25) is 0 Å². The third-order valence-corrected chi connectivity index (χ3v) is 3.10. The van der Waals surface area contributed by atoms with E-state index in [2.05, 4.69) is 6.92 Å². The molecule has 1 aromatic carbocycles. The third-order valence-electron chi connectivity index (χ3n) is 3.10. The van der Waals surface area contributed by atoms with Crippen molar-refractivity contribution in [2.75, 3.05) is 13.7 Å². The molecule has 0 atom stereocenters. The maximum atomic E-state index is 11.7. The minimum atomic E-state index is -0.343. The van der Waals surface area contributed by atoms with Crippen molar-refractivity contribution >= 4 is 16.9 Å². The molecule has 0 amide bonds. The number of benzene rings is 1. The Hall–Kier alpha value is -1.81. The molecule has 0 unspecified atom stereocenters. The van der Waals surface area contributed by atoms with Crippen molar-refractivity contribution < 1.29 is 14.6 Å². The van der Waals surface area contributed by atoms with Crippen molar-refractivity contribution in [3.8, 4) is 0 Å². The summed E-state index contributed by atoms with van der Waals surface area (Å²) in [5.74, 6) is -0.343. The minimum absolute atomic E-state index is 0.0416. The summed E-state index contributed by atoms with van der Waals surface area (Å²) in [5.41, 5.74) is 2.67. The van der Waals surface area contributed by atoms with Crippen molar-refractivity contribution in [1.29, 1.82) is 0 Å². The van der Waals surface area contributed by atoms with Crippen LogP contribution >= 0.6 is 0 Å². The number of aromatic nitrogens is 1. The lowest BCUT2D eigenvalue weighted by Gasteiger charge is -2.03. The van der Waals surface area contributed by atoms with Crippen LogP contribution in [-0.4, -0.2) is 29.4 Å². The second-order valence-corrected chi connectivity index (χ2v) is 4.16. The summed E-state index contributed by atoms with van der Waals surface area (Å²) in [6, 6.07) is 6.03. The Bertz CT molecular complexity index is 572. The highest BCUT2D eigenvalue weighted by Crippen LogP contribution is 2.24. The van der Waals surface area contributed by atoms with E-state index in [4.69, 9.17) is 9.84 Å². The molecule has 0 saturated heterocycles. The van der Waals surface area contributed by atoms with Crippen molar-refractivity contribution in [1.82, 2.24) is 4.57 Å². The Morgan fingerprint density at radius 3 is 2.83 bits per heavy atom. The number of rotatable bonds is 4. The predicted octanol–water partition coefficient (Wildman–Crippen LogP) is 1.98. The molecule has 2 rings (SSSR count). The summed E-state index contributed by atoms with van der Waals surface area (Å²) in [6.07, 6.45) is 2.66. The lowest BCUT2D eigenvalue weighted by Crippen LogP contribution is -2.02. The molecular weight excluding hydrogens is 230 g/mol. The van der Waals surface area contributed by atoms with Gasteiger partial charge in [-0.2, -0.15) is 0 Å². The lowest BCUT2D eigenvalue weighted by molar-refractivity contribution is 0.0602. The monoisotopic (exact) mass is 247 g/mol. The van der Waals surface area contributed by atoms with Gasteiger partial charge in [0.15, 0.2) is 0 Å². The van der Waals surface area contributed by atoms with Crippen LogP contribution in [0.15, 0.2) is 24.4 Å². The first kappa shape index (κ1) is 12.6. The van der Waals surface area contributed by atoms with Crippen molar-refractivity contribution in [3.05, 3.63) is 35.5 Å². The van der Waals surface area contributed by atoms with Gasteiger partial charge in [-0.25, -0.2) is 4.79 Å². The number of hydrogen-bond donors (Lipinski definition) is 1. The number of carbonyl (C=O) groups excluding carboxylic acids is 1. The predicted molar refractivity (Wildman–Crippen MR) is 69.7 cm³/mol. The second-order valence-electron chi connectivity index (χ2n) is 4.16. The molecule has 0 spiro atoms. The Morgan fingerprint density at radius 1 is 1.44 bits per heavy atom. The Balaban J connectivity index is 2.64.